The van der Waals surface area contributed by atoms with Gasteiger partial charge in [-0.1, -0.05) is 46.4 Å². The van der Waals surface area contributed by atoms with E-state index in [1.165, 1.54) is 0 Å². The lowest BCUT2D eigenvalue weighted by atomic mass is 10.4. The lowest BCUT2D eigenvalue weighted by Gasteiger charge is -2.07. The van der Waals surface area contributed by atoms with E-state index in [0.717, 1.165) is 0 Å². The Morgan fingerprint density at radius 2 is 1.07 bits per heavy atom. The summed E-state index contributed by atoms with van der Waals surface area (Å²) in [5, 5.41) is 15.3. The summed E-state index contributed by atoms with van der Waals surface area (Å²) in [5.41, 5.74) is 10.1. The van der Waals surface area contributed by atoms with E-state index in [1.807, 2.05) is 0 Å². The first-order valence-corrected chi connectivity index (χ1v) is 8.67. The molecule has 0 aliphatic heterocycles. The Balaban J connectivity index is 0.000000300. The molecule has 0 aliphatic carbocycles. The van der Waals surface area contributed by atoms with E-state index in [9.17, 15) is 18.4 Å². The predicted molar refractivity (Wildman–Crippen MR) is 104 cm³/mol. The van der Waals surface area contributed by atoms with Gasteiger partial charge in [0.1, 0.15) is 20.1 Å². The largest absolute Gasteiger partial charge is 0.479 e. The van der Waals surface area contributed by atoms with Gasteiger partial charge >= 0.3 is 11.9 Å². The molecule has 0 spiro atoms. The Bertz CT molecular complexity index is 905. The van der Waals surface area contributed by atoms with Crippen molar-refractivity contribution in [2.75, 3.05) is 24.7 Å². The molecule has 16 heteroatoms. The quantitative estimate of drug-likeness (QED) is 0.424. The van der Waals surface area contributed by atoms with Crippen molar-refractivity contribution in [1.82, 2.24) is 9.97 Å². The first-order valence-electron chi connectivity index (χ1n) is 7.15. The van der Waals surface area contributed by atoms with Crippen LogP contribution in [0.2, 0.25) is 20.1 Å². The van der Waals surface area contributed by atoms with Crippen LogP contribution >= 0.6 is 46.4 Å². The van der Waals surface area contributed by atoms with E-state index >= 15 is 0 Å². The predicted octanol–water partition coefficient (Wildman–Crippen LogP) is 3.15. The third-order valence-corrected chi connectivity index (χ3v) is 4.20. The molecule has 0 bridgehead atoms. The van der Waals surface area contributed by atoms with Crippen LogP contribution in [0.25, 0.3) is 0 Å². The van der Waals surface area contributed by atoms with Gasteiger partial charge in [-0.25, -0.2) is 9.59 Å². The number of aliphatic carboxylic acids is 2. The lowest BCUT2D eigenvalue weighted by molar-refractivity contribution is -0.140. The van der Waals surface area contributed by atoms with E-state index in [-0.39, 0.29) is 21.4 Å². The fourth-order valence-corrected chi connectivity index (χ4v) is 2.22. The van der Waals surface area contributed by atoms with Crippen LogP contribution in [0.5, 0.6) is 11.8 Å². The van der Waals surface area contributed by atoms with Gasteiger partial charge in [-0.3, -0.25) is 0 Å². The van der Waals surface area contributed by atoms with E-state index in [2.05, 4.69) is 19.4 Å². The molecular weight excluding hydrogens is 500 g/mol. The molecule has 0 radical (unpaired) electrons. The van der Waals surface area contributed by atoms with E-state index < -0.39 is 58.9 Å². The van der Waals surface area contributed by atoms with E-state index in [4.69, 9.17) is 68.1 Å². The molecule has 0 aromatic carbocycles. The van der Waals surface area contributed by atoms with E-state index in [1.54, 1.807) is 0 Å². The lowest BCUT2D eigenvalue weighted by Crippen LogP contribution is -2.11. The maximum atomic E-state index is 12.9. The second-order valence-electron chi connectivity index (χ2n) is 4.86. The number of ether oxygens (including phenoxy) is 2. The minimum Gasteiger partial charge on any atom is -0.479 e. The first-order chi connectivity index (χ1) is 13.9. The van der Waals surface area contributed by atoms with Crippen molar-refractivity contribution < 1.29 is 38.1 Å². The van der Waals surface area contributed by atoms with Crippen molar-refractivity contribution in [2.24, 2.45) is 0 Å². The normalized spacial score (nSPS) is 10.1. The minimum absolute atomic E-state index is 0.220. The van der Waals surface area contributed by atoms with Gasteiger partial charge in [-0.15, -0.1) is 0 Å². The first kappa shape index (κ1) is 25.5. The number of anilines is 2. The maximum Gasteiger partial charge on any atom is 0.341 e. The molecular formula is C14H10Cl4F2N4O6. The molecule has 30 heavy (non-hydrogen) atoms. The number of aromatic nitrogens is 2. The number of nitrogen functional groups attached to an aromatic ring is 2. The Morgan fingerprint density at radius 1 is 0.767 bits per heavy atom. The molecule has 0 saturated carbocycles. The third-order valence-electron chi connectivity index (χ3n) is 2.75. The van der Waals surface area contributed by atoms with Gasteiger partial charge in [0.2, 0.25) is 23.7 Å². The molecule has 0 aliphatic rings. The summed E-state index contributed by atoms with van der Waals surface area (Å²) in [7, 11) is 0. The van der Waals surface area contributed by atoms with Crippen LogP contribution in [0.15, 0.2) is 0 Å². The van der Waals surface area contributed by atoms with Gasteiger partial charge in [-0.05, 0) is 0 Å². The molecule has 2 heterocycles. The average Bonchev–Trinajstić information content (AvgIpc) is 2.68. The molecule has 0 unspecified atom stereocenters. The summed E-state index contributed by atoms with van der Waals surface area (Å²) in [6.07, 6.45) is 0. The number of pyridine rings is 2. The maximum absolute atomic E-state index is 12.9. The van der Waals surface area contributed by atoms with Crippen molar-refractivity contribution in [3.8, 4) is 11.8 Å². The molecule has 2 aromatic heterocycles. The molecule has 0 amide bonds. The Hall–Kier alpha value is -2.54. The molecule has 0 atom stereocenters. The van der Waals surface area contributed by atoms with Crippen molar-refractivity contribution in [3.05, 3.63) is 32.0 Å². The number of rotatable bonds is 6. The monoisotopic (exact) mass is 508 g/mol. The second-order valence-corrected chi connectivity index (χ2v) is 6.38. The van der Waals surface area contributed by atoms with Crippen molar-refractivity contribution in [1.29, 1.82) is 0 Å². The van der Waals surface area contributed by atoms with Gasteiger partial charge in [-0.2, -0.15) is 18.7 Å². The van der Waals surface area contributed by atoms with Crippen LogP contribution in [-0.2, 0) is 9.59 Å². The van der Waals surface area contributed by atoms with Crippen molar-refractivity contribution >= 4 is 69.7 Å². The fourth-order valence-electron chi connectivity index (χ4n) is 1.47. The Kier molecular flexibility index (Phi) is 9.36. The smallest absolute Gasteiger partial charge is 0.341 e. The van der Waals surface area contributed by atoms with Crippen molar-refractivity contribution in [3.63, 3.8) is 0 Å². The van der Waals surface area contributed by atoms with Crippen LogP contribution in [0.1, 0.15) is 0 Å². The van der Waals surface area contributed by atoms with Gasteiger partial charge in [0, 0.05) is 0 Å². The molecule has 10 nitrogen and oxygen atoms in total. The number of nitrogens with two attached hydrogens (primary N) is 2. The standard InChI is InChI=1S/2C7H5Cl2FN2O3/c2*8-3-5(11)4(9)7(12-6(3)10)15-1-2(13)14/h2*1H2,(H2,11,12)(H,13,14). The number of carbonyl (C=O) groups is 2. The zero-order chi connectivity index (χ0) is 23.2. The van der Waals surface area contributed by atoms with Gasteiger partial charge in [0.05, 0.1) is 11.4 Å². The van der Waals surface area contributed by atoms with Gasteiger partial charge in [0.15, 0.2) is 13.2 Å². The highest BCUT2D eigenvalue weighted by molar-refractivity contribution is 6.40. The van der Waals surface area contributed by atoms with Crippen LogP contribution < -0.4 is 20.9 Å². The highest BCUT2D eigenvalue weighted by atomic mass is 35.5. The number of halogens is 6. The van der Waals surface area contributed by atoms with Crippen LogP contribution in [0, 0.1) is 11.9 Å². The summed E-state index contributed by atoms with van der Waals surface area (Å²) in [4.78, 5) is 26.8. The number of carboxylic acid groups (broad SMARTS) is 2. The molecule has 164 valence electrons. The number of nitrogens with zero attached hydrogens (tertiary/aromatic N) is 2. The molecule has 2 aromatic rings. The number of hydrogen-bond acceptors (Lipinski definition) is 8. The molecule has 0 fully saturated rings. The van der Waals surface area contributed by atoms with Crippen molar-refractivity contribution in [2.45, 2.75) is 0 Å². The molecule has 2 rings (SSSR count). The summed E-state index contributed by atoms with van der Waals surface area (Å²) in [6.45, 7) is -1.40. The van der Waals surface area contributed by atoms with Gasteiger partial charge < -0.3 is 31.2 Å². The molecule has 0 saturated heterocycles. The zero-order valence-electron chi connectivity index (χ0n) is 14.3. The number of carboxylic acids is 2. The summed E-state index contributed by atoms with van der Waals surface area (Å²) >= 11 is 22.0. The number of hydrogen-bond donors (Lipinski definition) is 4. The Labute approximate surface area is 186 Å². The SMILES string of the molecule is Nc1c(Cl)c(F)nc(OCC(=O)O)c1Cl.Nc1c(Cl)c(F)nc(OCC(=O)O)c1Cl. The Morgan fingerprint density at radius 3 is 1.33 bits per heavy atom. The van der Waals surface area contributed by atoms with Crippen LogP contribution in [0.3, 0.4) is 0 Å². The zero-order valence-corrected chi connectivity index (χ0v) is 17.3. The fraction of sp³-hybridized carbons (Fsp3) is 0.143. The van der Waals surface area contributed by atoms with E-state index in [0.29, 0.717) is 0 Å². The molecule has 6 N–H and O–H groups in total. The average molecular weight is 510 g/mol. The minimum atomic E-state index is -1.25. The van der Waals surface area contributed by atoms with Gasteiger partial charge in [0.25, 0.3) is 0 Å². The third kappa shape index (κ3) is 6.76. The summed E-state index contributed by atoms with van der Waals surface area (Å²) in [5.74, 6) is -5.45. The highest BCUT2D eigenvalue weighted by Crippen LogP contribution is 2.36. The second kappa shape index (κ2) is 11.0. The highest BCUT2D eigenvalue weighted by Gasteiger charge is 2.18. The topological polar surface area (TPSA) is 171 Å². The summed E-state index contributed by atoms with van der Waals surface area (Å²) < 4.78 is 35.1. The summed E-state index contributed by atoms with van der Waals surface area (Å²) in [6, 6.07) is 0. The van der Waals surface area contributed by atoms with Crippen LogP contribution in [0.4, 0.5) is 20.2 Å². The van der Waals surface area contributed by atoms with Crippen LogP contribution in [-0.4, -0.2) is 45.3 Å².